The van der Waals surface area contributed by atoms with Crippen LogP contribution in [-0.2, 0) is 11.3 Å². The van der Waals surface area contributed by atoms with E-state index in [0.717, 1.165) is 0 Å². The van der Waals surface area contributed by atoms with E-state index in [1.165, 1.54) is 23.9 Å². The lowest BCUT2D eigenvalue weighted by Crippen LogP contribution is -2.49. The van der Waals surface area contributed by atoms with Crippen molar-refractivity contribution in [2.45, 2.75) is 12.1 Å². The number of ether oxygens (including phenoxy) is 1. The van der Waals surface area contributed by atoms with Gasteiger partial charge in [0.05, 0.1) is 13.7 Å². The summed E-state index contributed by atoms with van der Waals surface area (Å²) < 4.78 is 6.60. The zero-order valence-corrected chi connectivity index (χ0v) is 16.3. The molecule has 1 aromatic carbocycles. The van der Waals surface area contributed by atoms with Crippen LogP contribution in [0.15, 0.2) is 36.7 Å². The molecule has 10 heteroatoms. The number of aromatic nitrogens is 2. The Bertz CT molecular complexity index is 1260. The average Bonchev–Trinajstić information content (AvgIpc) is 3.18. The SMILES string of the molecule is COc1ccc2cn(C[C@@]3(C#Cc4cnc(Cl)c(O)c4)NC(=O)NC3=O)c(O)c2c1. The Labute approximate surface area is 175 Å². The molecule has 0 radical (unpaired) electrons. The van der Waals surface area contributed by atoms with E-state index in [0.29, 0.717) is 16.5 Å². The fourth-order valence-electron chi connectivity index (χ4n) is 3.14. The molecule has 1 aliphatic rings. The van der Waals surface area contributed by atoms with Gasteiger partial charge in [-0.05, 0) is 18.2 Å². The summed E-state index contributed by atoms with van der Waals surface area (Å²) in [6, 6.07) is 5.75. The highest BCUT2D eigenvalue weighted by Gasteiger charge is 2.46. The van der Waals surface area contributed by atoms with Gasteiger partial charge in [-0.1, -0.05) is 23.4 Å². The Hall–Kier alpha value is -3.90. The number of amides is 3. The number of pyridine rings is 1. The maximum absolute atomic E-state index is 12.6. The third-order valence-electron chi connectivity index (χ3n) is 4.66. The number of carbonyl (C=O) groups is 2. The zero-order chi connectivity index (χ0) is 21.5. The van der Waals surface area contributed by atoms with Crippen molar-refractivity contribution in [3.63, 3.8) is 0 Å². The number of aromatic hydroxyl groups is 2. The number of carbonyl (C=O) groups excluding carboxylic acids is 2. The smallest absolute Gasteiger partial charge is 0.323 e. The molecule has 30 heavy (non-hydrogen) atoms. The molecule has 4 N–H and O–H groups in total. The third-order valence-corrected chi connectivity index (χ3v) is 4.95. The van der Waals surface area contributed by atoms with Gasteiger partial charge in [0, 0.05) is 34.8 Å². The second-order valence-electron chi connectivity index (χ2n) is 6.63. The summed E-state index contributed by atoms with van der Waals surface area (Å²) >= 11 is 5.69. The van der Waals surface area contributed by atoms with E-state index in [1.54, 1.807) is 24.4 Å². The number of nitrogens with zero attached hydrogens (tertiary/aromatic N) is 2. The standard InChI is InChI=1S/C20H15ClN4O5/c1-30-13-3-2-12-9-25(17(27)14(12)7-13)10-20(18(28)23-19(29)24-20)5-4-11-6-15(26)16(21)22-8-11/h2-3,6-9,26-27H,10H2,1H3,(H2,23,24,28,29)/t20-/m1/s1. The van der Waals surface area contributed by atoms with Gasteiger partial charge in [-0.3, -0.25) is 10.1 Å². The van der Waals surface area contributed by atoms with Crippen LogP contribution in [0.3, 0.4) is 0 Å². The van der Waals surface area contributed by atoms with Crippen molar-refractivity contribution in [3.8, 4) is 29.2 Å². The fraction of sp³-hybridized carbons (Fsp3) is 0.150. The van der Waals surface area contributed by atoms with Gasteiger partial charge in [0.25, 0.3) is 5.91 Å². The molecule has 1 saturated heterocycles. The number of nitrogens with one attached hydrogen (secondary N) is 2. The van der Waals surface area contributed by atoms with E-state index in [9.17, 15) is 19.8 Å². The van der Waals surface area contributed by atoms with Crippen molar-refractivity contribution >= 4 is 34.3 Å². The normalized spacial score (nSPS) is 17.9. The van der Waals surface area contributed by atoms with Crippen molar-refractivity contribution in [2.24, 2.45) is 0 Å². The summed E-state index contributed by atoms with van der Waals surface area (Å²) in [4.78, 5) is 28.2. The van der Waals surface area contributed by atoms with Crippen LogP contribution in [0, 0.1) is 11.8 Å². The number of methoxy groups -OCH3 is 1. The third kappa shape index (κ3) is 3.33. The molecule has 4 rings (SSSR count). The minimum absolute atomic E-state index is 0.0819. The van der Waals surface area contributed by atoms with Crippen molar-refractivity contribution in [1.29, 1.82) is 0 Å². The summed E-state index contributed by atoms with van der Waals surface area (Å²) in [6.07, 6.45) is 2.96. The maximum Gasteiger partial charge on any atom is 0.323 e. The van der Waals surface area contributed by atoms with Gasteiger partial charge in [-0.15, -0.1) is 0 Å². The first-order valence-corrected chi connectivity index (χ1v) is 9.06. The topological polar surface area (TPSA) is 126 Å². The first kappa shape index (κ1) is 19.4. The van der Waals surface area contributed by atoms with Crippen molar-refractivity contribution in [2.75, 3.05) is 7.11 Å². The monoisotopic (exact) mass is 426 g/mol. The molecule has 3 amide bonds. The number of hydrogen-bond acceptors (Lipinski definition) is 6. The lowest BCUT2D eigenvalue weighted by Gasteiger charge is -2.20. The van der Waals surface area contributed by atoms with Crippen molar-refractivity contribution in [3.05, 3.63) is 47.4 Å². The van der Waals surface area contributed by atoms with Gasteiger partial charge in [0.15, 0.2) is 16.8 Å². The van der Waals surface area contributed by atoms with E-state index in [-0.39, 0.29) is 28.9 Å². The van der Waals surface area contributed by atoms with Gasteiger partial charge in [-0.2, -0.15) is 0 Å². The molecule has 0 saturated carbocycles. The van der Waals surface area contributed by atoms with E-state index in [1.807, 2.05) is 0 Å². The number of fused-ring (bicyclic) bond motifs is 1. The number of hydrogen-bond donors (Lipinski definition) is 4. The van der Waals surface area contributed by atoms with Crippen LogP contribution in [0.4, 0.5) is 4.79 Å². The van der Waals surface area contributed by atoms with Crippen LogP contribution in [-0.4, -0.2) is 44.4 Å². The van der Waals surface area contributed by atoms with E-state index in [2.05, 4.69) is 27.5 Å². The minimum Gasteiger partial charge on any atom is -0.505 e. The van der Waals surface area contributed by atoms with Gasteiger partial charge in [0.2, 0.25) is 5.54 Å². The van der Waals surface area contributed by atoms with Crippen molar-refractivity contribution < 1.29 is 24.5 Å². The van der Waals surface area contributed by atoms with E-state index >= 15 is 0 Å². The predicted octanol–water partition coefficient (Wildman–Crippen LogP) is 1.74. The molecule has 152 valence electrons. The van der Waals surface area contributed by atoms with Crippen LogP contribution in [0.1, 0.15) is 5.56 Å². The molecule has 9 nitrogen and oxygen atoms in total. The Balaban J connectivity index is 1.76. The molecule has 1 atom stereocenters. The number of benzene rings is 1. The van der Waals surface area contributed by atoms with Crippen molar-refractivity contribution in [1.82, 2.24) is 20.2 Å². The molecule has 3 aromatic rings. The molecular weight excluding hydrogens is 412 g/mol. The van der Waals surface area contributed by atoms with Crippen LogP contribution < -0.4 is 15.4 Å². The fourth-order valence-corrected chi connectivity index (χ4v) is 3.25. The largest absolute Gasteiger partial charge is 0.505 e. The molecule has 0 unspecified atom stereocenters. The highest BCUT2D eigenvalue weighted by Crippen LogP contribution is 2.32. The van der Waals surface area contributed by atoms with Crippen LogP contribution in [0.5, 0.6) is 17.4 Å². The predicted molar refractivity (Wildman–Crippen MR) is 107 cm³/mol. The lowest BCUT2D eigenvalue weighted by molar-refractivity contribution is -0.122. The second kappa shape index (κ2) is 7.17. The zero-order valence-electron chi connectivity index (χ0n) is 15.6. The summed E-state index contributed by atoms with van der Waals surface area (Å²) in [5, 5.41) is 26.2. The molecule has 1 fully saturated rings. The number of rotatable bonds is 3. The molecular formula is C20H15ClN4O5. The van der Waals surface area contributed by atoms with E-state index in [4.69, 9.17) is 16.3 Å². The summed E-state index contributed by atoms with van der Waals surface area (Å²) in [7, 11) is 1.52. The number of halogens is 1. The first-order valence-electron chi connectivity index (χ1n) is 8.68. The second-order valence-corrected chi connectivity index (χ2v) is 6.99. The molecule has 0 spiro atoms. The summed E-state index contributed by atoms with van der Waals surface area (Å²) in [5.41, 5.74) is -1.36. The number of imide groups is 1. The highest BCUT2D eigenvalue weighted by atomic mass is 35.5. The van der Waals surface area contributed by atoms with E-state index < -0.39 is 17.5 Å². The van der Waals surface area contributed by atoms with Crippen LogP contribution >= 0.6 is 11.6 Å². The number of urea groups is 1. The summed E-state index contributed by atoms with van der Waals surface area (Å²) in [6.45, 7) is -0.159. The Morgan fingerprint density at radius 2 is 2.10 bits per heavy atom. The van der Waals surface area contributed by atoms with Gasteiger partial charge in [0.1, 0.15) is 5.75 Å². The molecule has 3 heterocycles. The molecule has 0 bridgehead atoms. The average molecular weight is 427 g/mol. The van der Waals surface area contributed by atoms with Gasteiger partial charge < -0.3 is 24.8 Å². The first-order chi connectivity index (χ1) is 14.3. The lowest BCUT2D eigenvalue weighted by atomic mass is 10.00. The molecule has 2 aromatic heterocycles. The Kier molecular flexibility index (Phi) is 4.64. The molecule has 0 aliphatic carbocycles. The Morgan fingerprint density at radius 3 is 2.77 bits per heavy atom. The van der Waals surface area contributed by atoms with Gasteiger partial charge in [-0.25, -0.2) is 9.78 Å². The Morgan fingerprint density at radius 1 is 1.30 bits per heavy atom. The van der Waals surface area contributed by atoms with Crippen LogP contribution in [0.25, 0.3) is 10.8 Å². The maximum atomic E-state index is 12.6. The van der Waals surface area contributed by atoms with Gasteiger partial charge >= 0.3 is 6.03 Å². The minimum atomic E-state index is -1.65. The summed E-state index contributed by atoms with van der Waals surface area (Å²) in [5.74, 6) is 4.98. The molecule has 1 aliphatic heterocycles. The quantitative estimate of drug-likeness (QED) is 0.287. The highest BCUT2D eigenvalue weighted by molar-refractivity contribution is 6.30. The van der Waals surface area contributed by atoms with Crippen LogP contribution in [0.2, 0.25) is 5.15 Å².